The predicted octanol–water partition coefficient (Wildman–Crippen LogP) is 4.03. The molecule has 1 aliphatic heterocycles. The van der Waals surface area contributed by atoms with E-state index in [-0.39, 0.29) is 11.8 Å². The molecule has 0 radical (unpaired) electrons. The van der Waals surface area contributed by atoms with Gasteiger partial charge in [0.25, 0.3) is 0 Å². The van der Waals surface area contributed by atoms with Gasteiger partial charge in [-0.25, -0.2) is 0 Å². The first-order valence-electron chi connectivity index (χ1n) is 7.53. The zero-order valence-electron chi connectivity index (χ0n) is 13.1. The molecule has 2 aromatic rings. The molecule has 1 atom stereocenters. The van der Waals surface area contributed by atoms with Gasteiger partial charge in [-0.1, -0.05) is 23.7 Å². The van der Waals surface area contributed by atoms with E-state index in [4.69, 9.17) is 21.1 Å². The number of carbonyl (C=O) groups is 1. The lowest BCUT2D eigenvalue weighted by atomic mass is 9.92. The molecule has 23 heavy (non-hydrogen) atoms. The maximum Gasteiger partial charge on any atom is 0.232 e. The molecule has 0 bridgehead atoms. The predicted molar refractivity (Wildman–Crippen MR) is 90.7 cm³/mol. The summed E-state index contributed by atoms with van der Waals surface area (Å²) in [6.45, 7) is 2.46. The van der Waals surface area contributed by atoms with Gasteiger partial charge in [0.2, 0.25) is 5.91 Å². The summed E-state index contributed by atoms with van der Waals surface area (Å²) in [5.41, 5.74) is 2.69. The van der Waals surface area contributed by atoms with E-state index in [0.717, 1.165) is 16.8 Å². The number of fused-ring (bicyclic) bond motifs is 1. The van der Waals surface area contributed by atoms with Crippen LogP contribution in [0, 0.1) is 0 Å². The van der Waals surface area contributed by atoms with Gasteiger partial charge in [-0.15, -0.1) is 0 Å². The number of halogens is 1. The fraction of sp³-hybridized carbons (Fsp3) is 0.278. The van der Waals surface area contributed by atoms with Crippen molar-refractivity contribution in [3.8, 4) is 11.5 Å². The molecule has 4 nitrogen and oxygen atoms in total. The van der Waals surface area contributed by atoms with Crippen LogP contribution in [0.3, 0.4) is 0 Å². The Kier molecular flexibility index (Phi) is 4.44. The van der Waals surface area contributed by atoms with E-state index in [1.54, 1.807) is 13.2 Å². The number of methoxy groups -OCH3 is 1. The third-order valence-corrected chi connectivity index (χ3v) is 4.19. The molecule has 1 heterocycles. The molecular formula is C18H18ClNO3. The smallest absolute Gasteiger partial charge is 0.232 e. The number of benzene rings is 2. The third-order valence-electron chi connectivity index (χ3n) is 3.96. The maximum absolute atomic E-state index is 12.3. The summed E-state index contributed by atoms with van der Waals surface area (Å²) < 4.78 is 11.1. The van der Waals surface area contributed by atoms with Crippen molar-refractivity contribution < 1.29 is 14.3 Å². The molecule has 1 amide bonds. The number of ether oxygens (including phenoxy) is 2. The molecule has 0 aliphatic carbocycles. The molecule has 3 rings (SSSR count). The quantitative estimate of drug-likeness (QED) is 0.900. The molecule has 2 aromatic carbocycles. The average Bonchev–Trinajstić information content (AvgIpc) is 2.84. The van der Waals surface area contributed by atoms with E-state index >= 15 is 0 Å². The number of nitrogens with one attached hydrogen (secondary N) is 1. The highest BCUT2D eigenvalue weighted by molar-refractivity contribution is 6.31. The largest absolute Gasteiger partial charge is 0.493 e. The summed E-state index contributed by atoms with van der Waals surface area (Å²) in [5, 5.41) is 3.53. The summed E-state index contributed by atoms with van der Waals surface area (Å²) >= 11 is 6.08. The van der Waals surface area contributed by atoms with Crippen molar-refractivity contribution in [2.45, 2.75) is 19.3 Å². The normalized spacial score (nSPS) is 16.0. The summed E-state index contributed by atoms with van der Waals surface area (Å²) in [6.07, 6.45) is 0.533. The topological polar surface area (TPSA) is 47.6 Å². The van der Waals surface area contributed by atoms with Crippen molar-refractivity contribution in [3.05, 3.63) is 52.5 Å². The number of amides is 1. The minimum absolute atomic E-state index is 0.0208. The highest BCUT2D eigenvalue weighted by Gasteiger charge is 2.31. The van der Waals surface area contributed by atoms with Crippen molar-refractivity contribution in [1.29, 1.82) is 0 Å². The molecule has 0 spiro atoms. The van der Waals surface area contributed by atoms with Crippen molar-refractivity contribution in [3.63, 3.8) is 0 Å². The molecule has 1 N–H and O–H groups in total. The van der Waals surface area contributed by atoms with Gasteiger partial charge < -0.3 is 14.8 Å². The van der Waals surface area contributed by atoms with Crippen LogP contribution in [-0.2, 0) is 11.2 Å². The number of rotatable bonds is 5. The summed E-state index contributed by atoms with van der Waals surface area (Å²) in [6, 6.07) is 11.2. The Labute approximate surface area is 140 Å². The standard InChI is InChI=1S/C18H18ClNO3/c1-3-23-17-11(5-4-6-16(17)22-2)9-14-13-10-12(19)7-8-15(13)20-18(14)21/h4-8,10,14H,3,9H2,1-2H3,(H,20,21). The van der Waals surface area contributed by atoms with Crippen molar-refractivity contribution in [2.24, 2.45) is 0 Å². The Balaban J connectivity index is 1.97. The number of para-hydroxylation sites is 1. The van der Waals surface area contributed by atoms with Crippen LogP contribution in [0.1, 0.15) is 24.0 Å². The molecule has 1 unspecified atom stereocenters. The Morgan fingerprint density at radius 2 is 2.09 bits per heavy atom. The first-order valence-corrected chi connectivity index (χ1v) is 7.90. The Morgan fingerprint density at radius 1 is 1.26 bits per heavy atom. The van der Waals surface area contributed by atoms with Gasteiger partial charge in [-0.05, 0) is 48.7 Å². The lowest BCUT2D eigenvalue weighted by molar-refractivity contribution is -0.117. The Morgan fingerprint density at radius 3 is 2.83 bits per heavy atom. The van der Waals surface area contributed by atoms with Crippen LogP contribution in [0.2, 0.25) is 5.02 Å². The van der Waals surface area contributed by atoms with E-state index in [2.05, 4.69) is 5.32 Å². The van der Waals surface area contributed by atoms with Crippen LogP contribution < -0.4 is 14.8 Å². The highest BCUT2D eigenvalue weighted by atomic mass is 35.5. The fourth-order valence-corrected chi connectivity index (χ4v) is 3.09. The second-order valence-electron chi connectivity index (χ2n) is 5.36. The summed E-state index contributed by atoms with van der Waals surface area (Å²) in [7, 11) is 1.61. The van der Waals surface area contributed by atoms with E-state index in [0.29, 0.717) is 29.5 Å². The van der Waals surface area contributed by atoms with Crippen molar-refractivity contribution >= 4 is 23.2 Å². The van der Waals surface area contributed by atoms with E-state index in [9.17, 15) is 4.79 Å². The molecule has 0 fully saturated rings. The lowest BCUT2D eigenvalue weighted by Crippen LogP contribution is -2.15. The maximum atomic E-state index is 12.3. The molecule has 120 valence electrons. The molecule has 0 aromatic heterocycles. The number of carbonyl (C=O) groups excluding carboxylic acids is 1. The van der Waals surface area contributed by atoms with Crippen LogP contribution in [0.5, 0.6) is 11.5 Å². The van der Waals surface area contributed by atoms with Crippen LogP contribution in [-0.4, -0.2) is 19.6 Å². The van der Waals surface area contributed by atoms with Crippen molar-refractivity contribution in [2.75, 3.05) is 19.0 Å². The van der Waals surface area contributed by atoms with E-state index in [1.807, 2.05) is 37.3 Å². The lowest BCUT2D eigenvalue weighted by Gasteiger charge is -2.16. The van der Waals surface area contributed by atoms with E-state index < -0.39 is 0 Å². The highest BCUT2D eigenvalue weighted by Crippen LogP contribution is 2.40. The minimum atomic E-state index is -0.282. The van der Waals surface area contributed by atoms with Gasteiger partial charge in [-0.3, -0.25) is 4.79 Å². The fourth-order valence-electron chi connectivity index (χ4n) is 2.91. The van der Waals surface area contributed by atoms with Crippen LogP contribution >= 0.6 is 11.6 Å². The first kappa shape index (κ1) is 15.7. The Hall–Kier alpha value is -2.20. The minimum Gasteiger partial charge on any atom is -0.493 e. The van der Waals surface area contributed by atoms with Gasteiger partial charge in [-0.2, -0.15) is 0 Å². The second-order valence-corrected chi connectivity index (χ2v) is 5.80. The number of hydrogen-bond acceptors (Lipinski definition) is 3. The van der Waals surface area contributed by atoms with Gasteiger partial charge >= 0.3 is 0 Å². The summed E-state index contributed by atoms with van der Waals surface area (Å²) in [4.78, 5) is 12.3. The van der Waals surface area contributed by atoms with Gasteiger partial charge in [0.05, 0.1) is 19.6 Å². The zero-order chi connectivity index (χ0) is 16.4. The first-order chi connectivity index (χ1) is 11.1. The second kappa shape index (κ2) is 6.50. The monoisotopic (exact) mass is 331 g/mol. The molecule has 5 heteroatoms. The summed E-state index contributed by atoms with van der Waals surface area (Å²) in [5.74, 6) is 1.07. The van der Waals surface area contributed by atoms with Crippen LogP contribution in [0.25, 0.3) is 0 Å². The molecule has 0 saturated carbocycles. The number of anilines is 1. The molecular weight excluding hydrogens is 314 g/mol. The van der Waals surface area contributed by atoms with Crippen molar-refractivity contribution in [1.82, 2.24) is 0 Å². The van der Waals surface area contributed by atoms with Crippen LogP contribution in [0.15, 0.2) is 36.4 Å². The zero-order valence-corrected chi connectivity index (χ0v) is 13.8. The van der Waals surface area contributed by atoms with Gasteiger partial charge in [0.1, 0.15) is 0 Å². The number of hydrogen-bond donors (Lipinski definition) is 1. The average molecular weight is 332 g/mol. The van der Waals surface area contributed by atoms with Crippen LogP contribution in [0.4, 0.5) is 5.69 Å². The van der Waals surface area contributed by atoms with Gasteiger partial charge in [0, 0.05) is 10.7 Å². The molecule has 1 aliphatic rings. The van der Waals surface area contributed by atoms with E-state index in [1.165, 1.54) is 0 Å². The molecule has 0 saturated heterocycles. The SMILES string of the molecule is CCOc1c(CC2C(=O)Nc3ccc(Cl)cc32)cccc1OC. The van der Waals surface area contributed by atoms with Gasteiger partial charge in [0.15, 0.2) is 11.5 Å². The third kappa shape index (κ3) is 2.99. The Bertz CT molecular complexity index is 745.